The molecule has 3 heterocycles. The molecule has 1 N–H and O–H groups in total. The van der Waals surface area contributed by atoms with Gasteiger partial charge in [0.1, 0.15) is 0 Å². The standard InChI is InChI=1S/C16H26N4/c1-10(2)14-6-11(3)18-15(19-14)20-9-12-7-17-8-13(12)16(20,4)5/h6,10,12-13,17H,7-9H2,1-5H3. The molecular weight excluding hydrogens is 248 g/mol. The van der Waals surface area contributed by atoms with E-state index in [1.165, 1.54) is 0 Å². The second-order valence-corrected chi connectivity index (χ2v) is 7.18. The van der Waals surface area contributed by atoms with Crippen LogP contribution in [0.25, 0.3) is 0 Å². The fraction of sp³-hybridized carbons (Fsp3) is 0.750. The summed E-state index contributed by atoms with van der Waals surface area (Å²) in [5, 5.41) is 3.53. The summed E-state index contributed by atoms with van der Waals surface area (Å²) in [6.45, 7) is 14.5. The largest absolute Gasteiger partial charge is 0.335 e. The van der Waals surface area contributed by atoms with Crippen molar-refractivity contribution in [3.05, 3.63) is 17.5 Å². The monoisotopic (exact) mass is 274 g/mol. The number of fused-ring (bicyclic) bond motifs is 1. The maximum Gasteiger partial charge on any atom is 0.226 e. The van der Waals surface area contributed by atoms with E-state index in [2.05, 4.69) is 50.9 Å². The van der Waals surface area contributed by atoms with Crippen molar-refractivity contribution in [1.82, 2.24) is 15.3 Å². The molecule has 2 aliphatic heterocycles. The number of nitrogens with zero attached hydrogens (tertiary/aromatic N) is 3. The van der Waals surface area contributed by atoms with Crippen LogP contribution in [0.1, 0.15) is 45.0 Å². The minimum absolute atomic E-state index is 0.135. The first-order valence-corrected chi connectivity index (χ1v) is 7.73. The van der Waals surface area contributed by atoms with Crippen molar-refractivity contribution >= 4 is 5.95 Å². The molecule has 0 amide bonds. The number of anilines is 1. The Labute approximate surface area is 122 Å². The smallest absolute Gasteiger partial charge is 0.226 e. The Bertz CT molecular complexity index is 509. The molecule has 2 atom stereocenters. The number of hydrogen-bond donors (Lipinski definition) is 1. The van der Waals surface area contributed by atoms with E-state index >= 15 is 0 Å². The lowest BCUT2D eigenvalue weighted by Crippen LogP contribution is -2.45. The predicted octanol–water partition coefficient (Wildman–Crippen LogP) is 2.34. The van der Waals surface area contributed by atoms with E-state index in [9.17, 15) is 0 Å². The van der Waals surface area contributed by atoms with Crippen LogP contribution in [0.3, 0.4) is 0 Å². The van der Waals surface area contributed by atoms with Crippen LogP contribution in [0.5, 0.6) is 0 Å². The second kappa shape index (κ2) is 4.69. The molecule has 110 valence electrons. The Morgan fingerprint density at radius 2 is 2.05 bits per heavy atom. The molecule has 0 saturated carbocycles. The lowest BCUT2D eigenvalue weighted by atomic mass is 9.85. The highest BCUT2D eigenvalue weighted by Gasteiger charge is 2.50. The molecule has 0 bridgehead atoms. The fourth-order valence-electron chi connectivity index (χ4n) is 3.75. The van der Waals surface area contributed by atoms with Crippen LogP contribution in [0.15, 0.2) is 6.07 Å². The molecule has 0 aliphatic carbocycles. The van der Waals surface area contributed by atoms with Gasteiger partial charge >= 0.3 is 0 Å². The van der Waals surface area contributed by atoms with Gasteiger partial charge in [0.25, 0.3) is 0 Å². The first-order valence-electron chi connectivity index (χ1n) is 7.73. The molecule has 2 aliphatic rings. The molecule has 0 aromatic carbocycles. The third-order valence-electron chi connectivity index (χ3n) is 5.06. The Balaban J connectivity index is 1.97. The summed E-state index contributed by atoms with van der Waals surface area (Å²) in [5.74, 6) is 2.81. The van der Waals surface area contributed by atoms with Gasteiger partial charge in [-0.2, -0.15) is 0 Å². The molecule has 2 saturated heterocycles. The van der Waals surface area contributed by atoms with Crippen LogP contribution in [-0.4, -0.2) is 35.1 Å². The zero-order valence-corrected chi connectivity index (χ0v) is 13.3. The van der Waals surface area contributed by atoms with Crippen molar-refractivity contribution in [2.24, 2.45) is 11.8 Å². The van der Waals surface area contributed by atoms with Gasteiger partial charge in [-0.25, -0.2) is 9.97 Å². The van der Waals surface area contributed by atoms with Gasteiger partial charge in [0.05, 0.1) is 0 Å². The van der Waals surface area contributed by atoms with Crippen molar-refractivity contribution in [2.45, 2.75) is 46.1 Å². The van der Waals surface area contributed by atoms with Crippen molar-refractivity contribution in [2.75, 3.05) is 24.5 Å². The normalized spacial score (nSPS) is 28.2. The van der Waals surface area contributed by atoms with Crippen LogP contribution in [0.4, 0.5) is 5.95 Å². The summed E-state index contributed by atoms with van der Waals surface area (Å²) in [6.07, 6.45) is 0. The predicted molar refractivity (Wildman–Crippen MR) is 82.1 cm³/mol. The Kier molecular flexibility index (Phi) is 3.24. The van der Waals surface area contributed by atoms with Gasteiger partial charge in [0.15, 0.2) is 0 Å². The van der Waals surface area contributed by atoms with Crippen molar-refractivity contribution in [3.8, 4) is 0 Å². The zero-order valence-electron chi connectivity index (χ0n) is 13.3. The number of aryl methyl sites for hydroxylation is 1. The van der Waals surface area contributed by atoms with Crippen LogP contribution in [0.2, 0.25) is 0 Å². The summed E-state index contributed by atoms with van der Waals surface area (Å²) in [4.78, 5) is 12.0. The van der Waals surface area contributed by atoms with Crippen molar-refractivity contribution in [1.29, 1.82) is 0 Å². The molecule has 20 heavy (non-hydrogen) atoms. The lowest BCUT2D eigenvalue weighted by molar-refractivity contribution is 0.354. The van der Waals surface area contributed by atoms with Gasteiger partial charge in [-0.1, -0.05) is 13.8 Å². The van der Waals surface area contributed by atoms with Gasteiger partial charge in [-0.05, 0) is 44.6 Å². The quantitative estimate of drug-likeness (QED) is 0.899. The van der Waals surface area contributed by atoms with Crippen molar-refractivity contribution in [3.63, 3.8) is 0 Å². The van der Waals surface area contributed by atoms with E-state index in [4.69, 9.17) is 9.97 Å². The lowest BCUT2D eigenvalue weighted by Gasteiger charge is -2.36. The van der Waals surface area contributed by atoms with E-state index in [0.717, 1.165) is 42.9 Å². The molecule has 2 unspecified atom stereocenters. The highest BCUT2D eigenvalue weighted by Crippen LogP contribution is 2.42. The maximum absolute atomic E-state index is 4.83. The van der Waals surface area contributed by atoms with Gasteiger partial charge < -0.3 is 10.2 Å². The zero-order chi connectivity index (χ0) is 14.5. The Morgan fingerprint density at radius 3 is 2.70 bits per heavy atom. The first kappa shape index (κ1) is 13.8. The van der Waals surface area contributed by atoms with E-state index in [1.54, 1.807) is 0 Å². The highest BCUT2D eigenvalue weighted by molar-refractivity contribution is 5.40. The van der Waals surface area contributed by atoms with E-state index in [0.29, 0.717) is 11.8 Å². The van der Waals surface area contributed by atoms with Crippen molar-refractivity contribution < 1.29 is 0 Å². The van der Waals surface area contributed by atoms with Gasteiger partial charge in [-0.3, -0.25) is 0 Å². The molecule has 2 fully saturated rings. The van der Waals surface area contributed by atoms with Crippen LogP contribution in [0, 0.1) is 18.8 Å². The van der Waals surface area contributed by atoms with Crippen LogP contribution >= 0.6 is 0 Å². The summed E-state index contributed by atoms with van der Waals surface area (Å²) < 4.78 is 0. The summed E-state index contributed by atoms with van der Waals surface area (Å²) in [6, 6.07) is 2.11. The number of hydrogen-bond acceptors (Lipinski definition) is 4. The van der Waals surface area contributed by atoms with Gasteiger partial charge in [-0.15, -0.1) is 0 Å². The summed E-state index contributed by atoms with van der Waals surface area (Å²) in [5.41, 5.74) is 2.36. The van der Waals surface area contributed by atoms with E-state index in [1.807, 2.05) is 0 Å². The molecule has 4 heteroatoms. The minimum atomic E-state index is 0.135. The fourth-order valence-corrected chi connectivity index (χ4v) is 3.75. The molecule has 4 nitrogen and oxygen atoms in total. The summed E-state index contributed by atoms with van der Waals surface area (Å²) >= 11 is 0. The highest BCUT2D eigenvalue weighted by atomic mass is 15.3. The third-order valence-corrected chi connectivity index (χ3v) is 5.06. The molecule has 1 aromatic heterocycles. The third kappa shape index (κ3) is 2.10. The number of rotatable bonds is 2. The first-order chi connectivity index (χ1) is 9.39. The minimum Gasteiger partial charge on any atom is -0.335 e. The van der Waals surface area contributed by atoms with Gasteiger partial charge in [0, 0.05) is 36.6 Å². The second-order valence-electron chi connectivity index (χ2n) is 7.18. The maximum atomic E-state index is 4.83. The molecular formula is C16H26N4. The number of nitrogens with one attached hydrogen (secondary N) is 1. The average molecular weight is 274 g/mol. The average Bonchev–Trinajstić information content (AvgIpc) is 2.91. The summed E-state index contributed by atoms with van der Waals surface area (Å²) in [7, 11) is 0. The molecule has 0 radical (unpaired) electrons. The van der Waals surface area contributed by atoms with Gasteiger partial charge in [0.2, 0.25) is 5.95 Å². The van der Waals surface area contributed by atoms with Crippen LogP contribution < -0.4 is 10.2 Å². The number of aromatic nitrogens is 2. The molecule has 0 spiro atoms. The molecule has 1 aromatic rings. The Hall–Kier alpha value is -1.16. The molecule has 3 rings (SSSR count). The SMILES string of the molecule is Cc1cc(C(C)C)nc(N2CC3CNCC3C2(C)C)n1. The van der Waals surface area contributed by atoms with Crippen LogP contribution in [-0.2, 0) is 0 Å². The van der Waals surface area contributed by atoms with E-state index in [-0.39, 0.29) is 5.54 Å². The van der Waals surface area contributed by atoms with E-state index < -0.39 is 0 Å². The topological polar surface area (TPSA) is 41.1 Å². The Morgan fingerprint density at radius 1 is 1.30 bits per heavy atom.